The molecule has 5 heteroatoms. The van der Waals surface area contributed by atoms with Gasteiger partial charge in [-0.2, -0.15) is 4.98 Å². The second-order valence-electron chi connectivity index (χ2n) is 6.81. The lowest BCUT2D eigenvalue weighted by Crippen LogP contribution is -2.42. The van der Waals surface area contributed by atoms with Crippen LogP contribution in [0.4, 0.5) is 5.82 Å². The standard InChI is InChI=1S/C16H27N3O2/c1-5-21-14-10-13(18-12(2)19-14)17-11-16(20)8-6-15(3,4)7-9-16/h10,20H,5-9,11H2,1-4H3,(H,17,18,19). The van der Waals surface area contributed by atoms with E-state index in [9.17, 15) is 5.11 Å². The SMILES string of the molecule is CCOc1cc(NCC2(O)CCC(C)(C)CC2)nc(C)n1. The Balaban J connectivity index is 1.96. The van der Waals surface area contributed by atoms with Gasteiger partial charge in [0.1, 0.15) is 11.6 Å². The van der Waals surface area contributed by atoms with Crippen LogP contribution in [0.3, 0.4) is 0 Å². The molecular weight excluding hydrogens is 266 g/mol. The summed E-state index contributed by atoms with van der Waals surface area (Å²) in [6, 6.07) is 1.78. The number of ether oxygens (including phenoxy) is 1. The van der Waals surface area contributed by atoms with E-state index >= 15 is 0 Å². The van der Waals surface area contributed by atoms with E-state index < -0.39 is 5.60 Å². The summed E-state index contributed by atoms with van der Waals surface area (Å²) in [6.45, 7) is 9.40. The van der Waals surface area contributed by atoms with Crippen molar-refractivity contribution < 1.29 is 9.84 Å². The van der Waals surface area contributed by atoms with Crippen LogP contribution in [0.5, 0.6) is 5.88 Å². The Morgan fingerprint density at radius 3 is 2.52 bits per heavy atom. The van der Waals surface area contributed by atoms with Crippen LogP contribution in [-0.2, 0) is 0 Å². The van der Waals surface area contributed by atoms with Crippen molar-refractivity contribution >= 4 is 5.82 Å². The molecule has 0 radical (unpaired) electrons. The predicted molar refractivity (Wildman–Crippen MR) is 83.6 cm³/mol. The largest absolute Gasteiger partial charge is 0.478 e. The molecule has 0 spiro atoms. The summed E-state index contributed by atoms with van der Waals surface area (Å²) in [4.78, 5) is 8.57. The normalized spacial score (nSPS) is 20.0. The van der Waals surface area contributed by atoms with Gasteiger partial charge < -0.3 is 15.2 Å². The smallest absolute Gasteiger partial charge is 0.218 e. The van der Waals surface area contributed by atoms with Gasteiger partial charge in [-0.1, -0.05) is 13.8 Å². The molecule has 0 aliphatic heterocycles. The lowest BCUT2D eigenvalue weighted by atomic mass is 9.71. The molecule has 0 saturated heterocycles. The lowest BCUT2D eigenvalue weighted by molar-refractivity contribution is -0.0146. The highest BCUT2D eigenvalue weighted by Crippen LogP contribution is 2.40. The average molecular weight is 293 g/mol. The first-order valence-electron chi connectivity index (χ1n) is 7.77. The van der Waals surface area contributed by atoms with E-state index in [1.54, 1.807) is 6.07 Å². The Morgan fingerprint density at radius 1 is 1.24 bits per heavy atom. The van der Waals surface area contributed by atoms with Crippen molar-refractivity contribution in [3.05, 3.63) is 11.9 Å². The summed E-state index contributed by atoms with van der Waals surface area (Å²) >= 11 is 0. The van der Waals surface area contributed by atoms with Crippen molar-refractivity contribution in [2.75, 3.05) is 18.5 Å². The molecule has 118 valence electrons. The number of hydrogen-bond acceptors (Lipinski definition) is 5. The molecule has 1 aromatic rings. The average Bonchev–Trinajstić information content (AvgIpc) is 2.41. The quantitative estimate of drug-likeness (QED) is 0.873. The number of aromatic nitrogens is 2. The summed E-state index contributed by atoms with van der Waals surface area (Å²) < 4.78 is 5.42. The molecule has 1 fully saturated rings. The number of aliphatic hydroxyl groups is 1. The first-order chi connectivity index (χ1) is 9.82. The van der Waals surface area contributed by atoms with Crippen LogP contribution < -0.4 is 10.1 Å². The van der Waals surface area contributed by atoms with Gasteiger partial charge in [-0.05, 0) is 44.9 Å². The van der Waals surface area contributed by atoms with Gasteiger partial charge in [-0.3, -0.25) is 0 Å². The molecule has 1 aliphatic carbocycles. The molecule has 0 atom stereocenters. The van der Waals surface area contributed by atoms with Crippen LogP contribution >= 0.6 is 0 Å². The minimum absolute atomic E-state index is 0.347. The molecule has 0 aromatic carbocycles. The third-order valence-electron chi connectivity index (χ3n) is 4.24. The molecule has 0 amide bonds. The van der Waals surface area contributed by atoms with Gasteiger partial charge in [0.25, 0.3) is 0 Å². The maximum atomic E-state index is 10.7. The number of hydrogen-bond donors (Lipinski definition) is 2. The number of aryl methyl sites for hydroxylation is 1. The lowest BCUT2D eigenvalue weighted by Gasteiger charge is -2.40. The Kier molecular flexibility index (Phi) is 4.71. The highest BCUT2D eigenvalue weighted by Gasteiger charge is 2.36. The third kappa shape index (κ3) is 4.56. The van der Waals surface area contributed by atoms with Gasteiger partial charge >= 0.3 is 0 Å². The van der Waals surface area contributed by atoms with Crippen molar-refractivity contribution in [2.24, 2.45) is 5.41 Å². The van der Waals surface area contributed by atoms with E-state index in [4.69, 9.17) is 4.74 Å². The van der Waals surface area contributed by atoms with E-state index in [1.807, 2.05) is 13.8 Å². The van der Waals surface area contributed by atoms with Crippen molar-refractivity contribution in [2.45, 2.75) is 59.0 Å². The number of nitrogens with one attached hydrogen (secondary N) is 1. The molecule has 2 rings (SSSR count). The number of rotatable bonds is 5. The van der Waals surface area contributed by atoms with Crippen LogP contribution in [0.2, 0.25) is 0 Å². The summed E-state index contributed by atoms with van der Waals surface area (Å²) in [6.07, 6.45) is 3.77. The van der Waals surface area contributed by atoms with Gasteiger partial charge in [0.05, 0.1) is 12.2 Å². The fourth-order valence-electron chi connectivity index (χ4n) is 2.68. The second kappa shape index (κ2) is 6.18. The van der Waals surface area contributed by atoms with Gasteiger partial charge in [-0.15, -0.1) is 0 Å². The van der Waals surface area contributed by atoms with Crippen LogP contribution in [0, 0.1) is 12.3 Å². The van der Waals surface area contributed by atoms with E-state index in [2.05, 4.69) is 29.1 Å². The fourth-order valence-corrected chi connectivity index (χ4v) is 2.68. The highest BCUT2D eigenvalue weighted by molar-refractivity contribution is 5.38. The van der Waals surface area contributed by atoms with Gasteiger partial charge in [0, 0.05) is 12.6 Å². The van der Waals surface area contributed by atoms with Crippen LogP contribution in [0.15, 0.2) is 6.07 Å². The topological polar surface area (TPSA) is 67.3 Å². The van der Waals surface area contributed by atoms with Gasteiger partial charge in [0.15, 0.2) is 0 Å². The summed E-state index contributed by atoms with van der Waals surface area (Å²) in [5.41, 5.74) is -0.292. The van der Waals surface area contributed by atoms with E-state index in [-0.39, 0.29) is 0 Å². The van der Waals surface area contributed by atoms with E-state index in [1.165, 1.54) is 0 Å². The fraction of sp³-hybridized carbons (Fsp3) is 0.750. The first kappa shape index (κ1) is 16.0. The zero-order valence-corrected chi connectivity index (χ0v) is 13.6. The minimum Gasteiger partial charge on any atom is -0.478 e. The predicted octanol–water partition coefficient (Wildman–Crippen LogP) is 2.93. The Bertz CT molecular complexity index is 478. The van der Waals surface area contributed by atoms with E-state index in [0.29, 0.717) is 36.1 Å². The third-order valence-corrected chi connectivity index (χ3v) is 4.24. The van der Waals surface area contributed by atoms with Crippen LogP contribution in [0.25, 0.3) is 0 Å². The minimum atomic E-state index is -0.639. The Morgan fingerprint density at radius 2 is 1.90 bits per heavy atom. The van der Waals surface area contributed by atoms with E-state index in [0.717, 1.165) is 25.7 Å². The number of anilines is 1. The summed E-state index contributed by atoms with van der Waals surface area (Å²) in [5, 5.41) is 13.9. The molecule has 21 heavy (non-hydrogen) atoms. The molecule has 1 aliphatic rings. The molecule has 2 N–H and O–H groups in total. The van der Waals surface area contributed by atoms with Crippen molar-refractivity contribution in [3.63, 3.8) is 0 Å². The van der Waals surface area contributed by atoms with Gasteiger partial charge in [-0.25, -0.2) is 4.98 Å². The summed E-state index contributed by atoms with van der Waals surface area (Å²) in [7, 11) is 0. The monoisotopic (exact) mass is 293 g/mol. The summed E-state index contributed by atoms with van der Waals surface area (Å²) in [5.74, 6) is 1.95. The van der Waals surface area contributed by atoms with Crippen molar-refractivity contribution in [1.82, 2.24) is 9.97 Å². The maximum absolute atomic E-state index is 10.7. The molecule has 1 heterocycles. The molecule has 0 bridgehead atoms. The number of nitrogens with zero attached hydrogens (tertiary/aromatic N) is 2. The van der Waals surface area contributed by atoms with Crippen molar-refractivity contribution in [1.29, 1.82) is 0 Å². The Hall–Kier alpha value is -1.36. The van der Waals surface area contributed by atoms with Crippen molar-refractivity contribution in [3.8, 4) is 5.88 Å². The first-order valence-corrected chi connectivity index (χ1v) is 7.77. The Labute approximate surface area is 127 Å². The van der Waals surface area contributed by atoms with Gasteiger partial charge in [0.2, 0.25) is 5.88 Å². The molecular formula is C16H27N3O2. The molecule has 5 nitrogen and oxygen atoms in total. The van der Waals surface area contributed by atoms with Crippen LogP contribution in [0.1, 0.15) is 52.3 Å². The zero-order valence-electron chi connectivity index (χ0n) is 13.6. The zero-order chi connectivity index (χ0) is 15.5. The maximum Gasteiger partial charge on any atom is 0.218 e. The molecule has 1 aromatic heterocycles. The highest BCUT2D eigenvalue weighted by atomic mass is 16.5. The second-order valence-corrected chi connectivity index (χ2v) is 6.81. The molecule has 0 unspecified atom stereocenters. The van der Waals surface area contributed by atoms with Crippen LogP contribution in [-0.4, -0.2) is 33.8 Å². The molecule has 1 saturated carbocycles.